The molecular formula is C14H17N3O2. The monoisotopic (exact) mass is 259 g/mol. The van der Waals surface area contributed by atoms with E-state index in [0.29, 0.717) is 11.4 Å². The zero-order chi connectivity index (χ0) is 14.0. The van der Waals surface area contributed by atoms with Crippen molar-refractivity contribution in [3.63, 3.8) is 0 Å². The number of aromatic hydroxyl groups is 1. The van der Waals surface area contributed by atoms with E-state index in [1.807, 2.05) is 6.07 Å². The highest BCUT2D eigenvalue weighted by Crippen LogP contribution is 2.22. The number of aromatic nitrogens is 2. The van der Waals surface area contributed by atoms with Gasteiger partial charge in [0.25, 0.3) is 5.91 Å². The van der Waals surface area contributed by atoms with Crippen molar-refractivity contribution in [3.05, 3.63) is 41.6 Å². The predicted molar refractivity (Wildman–Crippen MR) is 73.3 cm³/mol. The molecule has 0 fully saturated rings. The third-order valence-electron chi connectivity index (χ3n) is 2.76. The van der Waals surface area contributed by atoms with E-state index >= 15 is 0 Å². The second-order valence-corrected chi connectivity index (χ2v) is 5.42. The third kappa shape index (κ3) is 3.13. The van der Waals surface area contributed by atoms with Crippen molar-refractivity contribution in [2.75, 3.05) is 5.32 Å². The largest absolute Gasteiger partial charge is 0.508 e. The highest BCUT2D eigenvalue weighted by molar-refractivity contribution is 6.03. The first-order chi connectivity index (χ1) is 8.86. The maximum absolute atomic E-state index is 11.9. The maximum Gasteiger partial charge on any atom is 0.256 e. The van der Waals surface area contributed by atoms with Crippen LogP contribution in [-0.2, 0) is 5.41 Å². The van der Waals surface area contributed by atoms with Crippen molar-refractivity contribution < 1.29 is 9.90 Å². The summed E-state index contributed by atoms with van der Waals surface area (Å²) in [4.78, 5) is 11.9. The first-order valence-electron chi connectivity index (χ1n) is 6.02. The predicted octanol–water partition coefficient (Wildman–Crippen LogP) is 2.67. The fourth-order valence-corrected chi connectivity index (χ4v) is 1.57. The van der Waals surface area contributed by atoms with Crippen LogP contribution in [0.15, 0.2) is 30.3 Å². The van der Waals surface area contributed by atoms with Crippen LogP contribution in [0.2, 0.25) is 0 Å². The van der Waals surface area contributed by atoms with E-state index in [-0.39, 0.29) is 17.1 Å². The van der Waals surface area contributed by atoms with Crippen LogP contribution in [0, 0.1) is 0 Å². The Morgan fingerprint density at radius 3 is 2.42 bits per heavy atom. The summed E-state index contributed by atoms with van der Waals surface area (Å²) < 4.78 is 0. The van der Waals surface area contributed by atoms with Crippen LogP contribution in [0.3, 0.4) is 0 Å². The number of carbonyl (C=O) groups is 1. The molecule has 0 spiro atoms. The van der Waals surface area contributed by atoms with Crippen molar-refractivity contribution in [3.8, 4) is 5.75 Å². The van der Waals surface area contributed by atoms with Gasteiger partial charge in [0, 0.05) is 22.7 Å². The number of nitrogens with one attached hydrogen (secondary N) is 2. The van der Waals surface area contributed by atoms with E-state index in [1.54, 1.807) is 12.1 Å². The Bertz CT molecular complexity index is 579. The first-order valence-corrected chi connectivity index (χ1v) is 6.02. The Labute approximate surface area is 111 Å². The molecule has 0 atom stereocenters. The van der Waals surface area contributed by atoms with Gasteiger partial charge >= 0.3 is 0 Å². The van der Waals surface area contributed by atoms with E-state index in [4.69, 9.17) is 0 Å². The van der Waals surface area contributed by atoms with Gasteiger partial charge in [0.2, 0.25) is 0 Å². The van der Waals surface area contributed by atoms with Gasteiger partial charge in [-0.05, 0) is 24.3 Å². The first kappa shape index (κ1) is 13.1. The summed E-state index contributed by atoms with van der Waals surface area (Å²) in [6, 6.07) is 7.88. The zero-order valence-electron chi connectivity index (χ0n) is 11.2. The molecule has 5 heteroatoms. The number of anilines is 1. The summed E-state index contributed by atoms with van der Waals surface area (Å²) >= 11 is 0. The molecule has 1 amide bonds. The number of phenolic OH excluding ortho intramolecular Hbond substituents is 1. The Morgan fingerprint density at radius 1 is 1.26 bits per heavy atom. The summed E-state index contributed by atoms with van der Waals surface area (Å²) in [5.74, 6) is 0.362. The summed E-state index contributed by atoms with van der Waals surface area (Å²) in [6.07, 6.45) is 0. The lowest BCUT2D eigenvalue weighted by atomic mass is 9.92. The molecule has 5 nitrogen and oxygen atoms in total. The van der Waals surface area contributed by atoms with Gasteiger partial charge in [-0.25, -0.2) is 0 Å². The molecule has 19 heavy (non-hydrogen) atoms. The van der Waals surface area contributed by atoms with E-state index in [9.17, 15) is 9.90 Å². The van der Waals surface area contributed by atoms with Crippen molar-refractivity contribution >= 4 is 11.7 Å². The molecule has 0 saturated heterocycles. The normalized spacial score (nSPS) is 11.3. The lowest BCUT2D eigenvalue weighted by molar-refractivity contribution is 0.102. The number of aromatic amines is 1. The van der Waals surface area contributed by atoms with Gasteiger partial charge < -0.3 is 10.4 Å². The summed E-state index contributed by atoms with van der Waals surface area (Å²) in [5, 5.41) is 18.8. The van der Waals surface area contributed by atoms with Gasteiger partial charge in [0.15, 0.2) is 5.82 Å². The Kier molecular flexibility index (Phi) is 3.29. The molecule has 3 N–H and O–H groups in total. The smallest absolute Gasteiger partial charge is 0.256 e. The fraction of sp³-hybridized carbons (Fsp3) is 0.286. The van der Waals surface area contributed by atoms with Crippen LogP contribution in [0.1, 0.15) is 36.8 Å². The van der Waals surface area contributed by atoms with Crippen LogP contribution in [0.5, 0.6) is 5.75 Å². The molecular weight excluding hydrogens is 242 g/mol. The molecule has 1 heterocycles. The van der Waals surface area contributed by atoms with Gasteiger partial charge in [-0.2, -0.15) is 5.10 Å². The number of benzene rings is 1. The van der Waals surface area contributed by atoms with Crippen LogP contribution in [0.4, 0.5) is 5.82 Å². The molecule has 0 aliphatic rings. The van der Waals surface area contributed by atoms with Gasteiger partial charge in [-0.3, -0.25) is 9.89 Å². The van der Waals surface area contributed by atoms with Gasteiger partial charge in [-0.1, -0.05) is 20.8 Å². The molecule has 100 valence electrons. The van der Waals surface area contributed by atoms with E-state index < -0.39 is 0 Å². The second-order valence-electron chi connectivity index (χ2n) is 5.42. The molecule has 2 aromatic rings. The van der Waals surface area contributed by atoms with Crippen LogP contribution >= 0.6 is 0 Å². The average molecular weight is 259 g/mol. The Morgan fingerprint density at radius 2 is 1.89 bits per heavy atom. The Balaban J connectivity index is 2.11. The van der Waals surface area contributed by atoms with Gasteiger partial charge in [0.1, 0.15) is 5.75 Å². The van der Waals surface area contributed by atoms with Crippen LogP contribution < -0.4 is 5.32 Å². The average Bonchev–Trinajstić information content (AvgIpc) is 2.78. The number of H-pyrrole nitrogens is 1. The second kappa shape index (κ2) is 4.76. The highest BCUT2D eigenvalue weighted by atomic mass is 16.3. The molecule has 0 aliphatic carbocycles. The molecule has 0 unspecified atom stereocenters. The van der Waals surface area contributed by atoms with Crippen molar-refractivity contribution in [2.24, 2.45) is 0 Å². The third-order valence-corrected chi connectivity index (χ3v) is 2.76. The summed E-state index contributed by atoms with van der Waals surface area (Å²) in [6.45, 7) is 6.18. The number of amides is 1. The standard InChI is InChI=1S/C14H17N3O2/c1-14(2,3)11-8-12(17-16-11)15-13(19)9-4-6-10(18)7-5-9/h4-8,18H,1-3H3,(H2,15,16,17,19). The fourth-order valence-electron chi connectivity index (χ4n) is 1.57. The van der Waals surface area contributed by atoms with Crippen molar-refractivity contribution in [1.29, 1.82) is 0 Å². The zero-order valence-corrected chi connectivity index (χ0v) is 11.2. The molecule has 0 bridgehead atoms. The van der Waals surface area contributed by atoms with Gasteiger partial charge in [-0.15, -0.1) is 0 Å². The van der Waals surface area contributed by atoms with Crippen LogP contribution in [0.25, 0.3) is 0 Å². The van der Waals surface area contributed by atoms with Gasteiger partial charge in [0.05, 0.1) is 0 Å². The summed E-state index contributed by atoms with van der Waals surface area (Å²) in [7, 11) is 0. The molecule has 0 aliphatic heterocycles. The van der Waals surface area contributed by atoms with E-state index in [1.165, 1.54) is 12.1 Å². The van der Waals surface area contributed by atoms with Crippen LogP contribution in [-0.4, -0.2) is 21.2 Å². The molecule has 0 saturated carbocycles. The molecule has 2 rings (SSSR count). The number of rotatable bonds is 2. The molecule has 0 radical (unpaired) electrons. The van der Waals surface area contributed by atoms with E-state index in [0.717, 1.165) is 5.69 Å². The van der Waals surface area contributed by atoms with Crippen molar-refractivity contribution in [2.45, 2.75) is 26.2 Å². The highest BCUT2D eigenvalue weighted by Gasteiger charge is 2.17. The molecule has 1 aromatic carbocycles. The quantitative estimate of drug-likeness (QED) is 0.775. The minimum atomic E-state index is -0.257. The van der Waals surface area contributed by atoms with Crippen molar-refractivity contribution in [1.82, 2.24) is 10.2 Å². The number of hydrogen-bond donors (Lipinski definition) is 3. The number of carbonyl (C=O) groups excluding carboxylic acids is 1. The number of hydrogen-bond acceptors (Lipinski definition) is 3. The SMILES string of the molecule is CC(C)(C)c1cc(NC(=O)c2ccc(O)cc2)n[nH]1. The maximum atomic E-state index is 11.9. The number of phenols is 1. The lowest BCUT2D eigenvalue weighted by Gasteiger charge is -2.14. The minimum Gasteiger partial charge on any atom is -0.508 e. The Hall–Kier alpha value is -2.30. The summed E-state index contributed by atoms with van der Waals surface area (Å²) in [5.41, 5.74) is 1.38. The lowest BCUT2D eigenvalue weighted by Crippen LogP contribution is -2.12. The topological polar surface area (TPSA) is 78.0 Å². The minimum absolute atomic E-state index is 0.0471. The van der Waals surface area contributed by atoms with E-state index in [2.05, 4.69) is 36.3 Å². The number of nitrogens with zero attached hydrogens (tertiary/aromatic N) is 1. The molecule has 1 aromatic heterocycles.